The van der Waals surface area contributed by atoms with Crippen LogP contribution in [-0.4, -0.2) is 16.1 Å². The Kier molecular flexibility index (Phi) is 10.5. The standard InChI is InChI=1S/C63H56N2Si2/c1-66(2,3)63(67(4,5)6)61-44-51-42-56(64(52-27-15-9-16-28-52)54-31-19-25-47(39-54)45-21-11-7-12-22-45)35-33-49(51)43-60(61)59-37-34-50-41-57(36-38-58(50)62(59)63)65(53-29-17-10-18-30-53)55-32-20-26-48(40-55)46-23-13-8-14-24-46/h7-44H,1-6H3. The maximum Gasteiger partial charge on any atom is 0.0579 e. The topological polar surface area (TPSA) is 6.48 Å². The molecule has 0 spiro atoms. The Bertz CT molecular complexity index is 3410. The molecule has 10 aromatic rings. The molecule has 0 saturated heterocycles. The molecule has 0 fully saturated rings. The fraction of sp³-hybridized carbons (Fsp3) is 0.111. The van der Waals surface area contributed by atoms with Crippen molar-refractivity contribution in [2.75, 3.05) is 9.80 Å². The summed E-state index contributed by atoms with van der Waals surface area (Å²) in [6.07, 6.45) is 0. The highest BCUT2D eigenvalue weighted by atomic mass is 28.4. The van der Waals surface area contributed by atoms with Crippen molar-refractivity contribution in [1.82, 2.24) is 0 Å². The minimum Gasteiger partial charge on any atom is -0.310 e. The Morgan fingerprint density at radius 1 is 0.299 bits per heavy atom. The van der Waals surface area contributed by atoms with Crippen LogP contribution in [-0.2, 0) is 4.66 Å². The van der Waals surface area contributed by atoms with Crippen molar-refractivity contribution in [2.45, 2.75) is 43.9 Å². The lowest BCUT2D eigenvalue weighted by Gasteiger charge is -2.51. The Labute approximate surface area is 398 Å². The SMILES string of the molecule is C[Si](C)(C)C1([Si](C)(C)C)c2cc3cc(N(c4ccccc4)c4cccc(-c5ccccc5)c4)ccc3cc2-c2ccc3cc(N(c4ccccc4)c4cccc(-c5ccccc5)c4)ccc3c21. The molecule has 0 unspecified atom stereocenters. The molecule has 0 aliphatic heterocycles. The first-order valence-electron chi connectivity index (χ1n) is 23.7. The lowest BCUT2D eigenvalue weighted by Crippen LogP contribution is -2.63. The first-order valence-corrected chi connectivity index (χ1v) is 30.7. The molecule has 0 saturated carbocycles. The van der Waals surface area contributed by atoms with Crippen LogP contribution in [0.5, 0.6) is 0 Å². The molecule has 67 heavy (non-hydrogen) atoms. The highest BCUT2D eigenvalue weighted by molar-refractivity contribution is 7.00. The molecule has 1 aliphatic carbocycles. The second-order valence-electron chi connectivity index (χ2n) is 20.2. The van der Waals surface area contributed by atoms with Crippen LogP contribution in [0.15, 0.2) is 231 Å². The van der Waals surface area contributed by atoms with E-state index >= 15 is 0 Å². The Morgan fingerprint density at radius 3 is 1.22 bits per heavy atom. The van der Waals surface area contributed by atoms with Gasteiger partial charge < -0.3 is 9.80 Å². The van der Waals surface area contributed by atoms with Gasteiger partial charge >= 0.3 is 0 Å². The monoisotopic (exact) mass is 896 g/mol. The Morgan fingerprint density at radius 2 is 0.716 bits per heavy atom. The van der Waals surface area contributed by atoms with E-state index in [-0.39, 0.29) is 4.66 Å². The van der Waals surface area contributed by atoms with E-state index in [9.17, 15) is 0 Å². The molecule has 0 amide bonds. The van der Waals surface area contributed by atoms with Gasteiger partial charge in [0.1, 0.15) is 0 Å². The molecular formula is C63H56N2Si2. The molecule has 0 heterocycles. The smallest absolute Gasteiger partial charge is 0.0579 e. The molecule has 0 atom stereocenters. The van der Waals surface area contributed by atoms with Crippen LogP contribution in [0.1, 0.15) is 11.1 Å². The van der Waals surface area contributed by atoms with Gasteiger partial charge in [-0.05, 0) is 145 Å². The maximum absolute atomic E-state index is 2.63. The molecule has 4 heteroatoms. The van der Waals surface area contributed by atoms with Crippen molar-refractivity contribution in [3.05, 3.63) is 242 Å². The van der Waals surface area contributed by atoms with Crippen molar-refractivity contribution in [3.63, 3.8) is 0 Å². The van der Waals surface area contributed by atoms with Crippen molar-refractivity contribution >= 4 is 71.8 Å². The number of para-hydroxylation sites is 2. The predicted octanol–water partition coefficient (Wildman–Crippen LogP) is 18.3. The second kappa shape index (κ2) is 16.6. The number of hydrogen-bond acceptors (Lipinski definition) is 2. The lowest BCUT2D eigenvalue weighted by atomic mass is 9.97. The van der Waals surface area contributed by atoms with E-state index in [0.717, 1.165) is 34.1 Å². The largest absolute Gasteiger partial charge is 0.310 e. The Hall–Kier alpha value is -7.25. The van der Waals surface area contributed by atoms with Crippen LogP contribution >= 0.6 is 0 Å². The molecule has 0 N–H and O–H groups in total. The number of anilines is 6. The summed E-state index contributed by atoms with van der Waals surface area (Å²) < 4.78 is -0.0534. The number of rotatable bonds is 10. The molecule has 0 aromatic heterocycles. The van der Waals surface area contributed by atoms with Crippen LogP contribution in [0.25, 0.3) is 54.9 Å². The van der Waals surface area contributed by atoms with Crippen molar-refractivity contribution in [2.24, 2.45) is 0 Å². The number of hydrogen-bond donors (Lipinski definition) is 0. The van der Waals surface area contributed by atoms with Crippen LogP contribution in [0.4, 0.5) is 34.1 Å². The van der Waals surface area contributed by atoms with Gasteiger partial charge in [-0.3, -0.25) is 0 Å². The van der Waals surface area contributed by atoms with E-state index in [0.29, 0.717) is 0 Å². The van der Waals surface area contributed by atoms with E-state index in [1.165, 1.54) is 60.5 Å². The lowest BCUT2D eigenvalue weighted by molar-refractivity contribution is 0.964. The summed E-state index contributed by atoms with van der Waals surface area (Å²) in [5, 5.41) is 5.22. The molecule has 0 radical (unpaired) electrons. The van der Waals surface area contributed by atoms with Gasteiger partial charge in [0.25, 0.3) is 0 Å². The molecule has 326 valence electrons. The average molecular weight is 897 g/mol. The van der Waals surface area contributed by atoms with Crippen molar-refractivity contribution < 1.29 is 0 Å². The van der Waals surface area contributed by atoms with E-state index in [4.69, 9.17) is 0 Å². The van der Waals surface area contributed by atoms with Gasteiger partial charge in [0.15, 0.2) is 0 Å². The number of benzene rings is 10. The van der Waals surface area contributed by atoms with Crippen LogP contribution < -0.4 is 9.80 Å². The third kappa shape index (κ3) is 7.23. The maximum atomic E-state index is 2.63. The van der Waals surface area contributed by atoms with Gasteiger partial charge in [-0.1, -0.05) is 191 Å². The third-order valence-corrected chi connectivity index (χ3v) is 24.3. The summed E-state index contributed by atoms with van der Waals surface area (Å²) in [6, 6.07) is 85.3. The summed E-state index contributed by atoms with van der Waals surface area (Å²) in [5.74, 6) is 0. The van der Waals surface area contributed by atoms with Gasteiger partial charge in [0.05, 0.1) is 16.1 Å². The minimum absolute atomic E-state index is 0.0534. The van der Waals surface area contributed by atoms with Gasteiger partial charge in [0, 0.05) is 38.8 Å². The zero-order chi connectivity index (χ0) is 45.9. The fourth-order valence-electron chi connectivity index (χ4n) is 11.8. The molecule has 10 aromatic carbocycles. The van der Waals surface area contributed by atoms with E-state index in [1.807, 2.05) is 0 Å². The number of nitrogens with zero attached hydrogens (tertiary/aromatic N) is 2. The van der Waals surface area contributed by atoms with Crippen molar-refractivity contribution in [3.8, 4) is 33.4 Å². The number of fused-ring (bicyclic) bond motifs is 6. The van der Waals surface area contributed by atoms with E-state index < -0.39 is 16.1 Å². The average Bonchev–Trinajstić information content (AvgIpc) is 3.66. The van der Waals surface area contributed by atoms with Crippen molar-refractivity contribution in [1.29, 1.82) is 0 Å². The van der Waals surface area contributed by atoms with Gasteiger partial charge in [-0.25, -0.2) is 0 Å². The van der Waals surface area contributed by atoms with Crippen LogP contribution in [0, 0.1) is 0 Å². The molecule has 1 aliphatic rings. The zero-order valence-corrected chi connectivity index (χ0v) is 41.3. The first-order chi connectivity index (χ1) is 32.5. The fourth-order valence-corrected chi connectivity index (χ4v) is 24.9. The quantitative estimate of drug-likeness (QED) is 0.126. The second-order valence-corrected chi connectivity index (χ2v) is 31.2. The summed E-state index contributed by atoms with van der Waals surface area (Å²) in [6.45, 7) is 15.8. The van der Waals surface area contributed by atoms with Crippen LogP contribution in [0.2, 0.25) is 39.3 Å². The summed E-state index contributed by atoms with van der Waals surface area (Å²) >= 11 is 0. The Balaban J connectivity index is 1.08. The predicted molar refractivity (Wildman–Crippen MR) is 295 cm³/mol. The van der Waals surface area contributed by atoms with Crippen LogP contribution in [0.3, 0.4) is 0 Å². The van der Waals surface area contributed by atoms with E-state index in [2.05, 4.69) is 280 Å². The molecular weight excluding hydrogens is 841 g/mol. The molecule has 0 bridgehead atoms. The summed E-state index contributed by atoms with van der Waals surface area (Å²) in [5.41, 5.74) is 17.6. The first kappa shape index (κ1) is 42.4. The third-order valence-electron chi connectivity index (χ3n) is 14.3. The molecule has 2 nitrogen and oxygen atoms in total. The summed E-state index contributed by atoms with van der Waals surface area (Å²) in [7, 11) is -4.07. The van der Waals surface area contributed by atoms with Gasteiger partial charge in [0.2, 0.25) is 0 Å². The highest BCUT2D eigenvalue weighted by Gasteiger charge is 2.59. The van der Waals surface area contributed by atoms with E-state index in [1.54, 1.807) is 5.56 Å². The zero-order valence-electron chi connectivity index (χ0n) is 39.3. The molecule has 11 rings (SSSR count). The minimum atomic E-state index is -2.03. The van der Waals surface area contributed by atoms with Gasteiger partial charge in [-0.2, -0.15) is 0 Å². The normalized spacial score (nSPS) is 13.0. The summed E-state index contributed by atoms with van der Waals surface area (Å²) in [4.78, 5) is 4.83. The van der Waals surface area contributed by atoms with Gasteiger partial charge in [-0.15, -0.1) is 0 Å². The highest BCUT2D eigenvalue weighted by Crippen LogP contribution is 2.60.